The Morgan fingerprint density at radius 2 is 1.96 bits per heavy atom. The number of alkyl halides is 3. The largest absolute Gasteiger partial charge is 0.446 e. The molecule has 0 saturated carbocycles. The van der Waals surface area contributed by atoms with Crippen LogP contribution in [0.25, 0.3) is 0 Å². The van der Waals surface area contributed by atoms with Crippen molar-refractivity contribution in [2.24, 2.45) is 22.2 Å². The van der Waals surface area contributed by atoms with Gasteiger partial charge in [0.05, 0.1) is 5.56 Å². The van der Waals surface area contributed by atoms with Gasteiger partial charge in [-0.2, -0.15) is 18.2 Å². The van der Waals surface area contributed by atoms with E-state index in [-0.39, 0.29) is 10.6 Å². The summed E-state index contributed by atoms with van der Waals surface area (Å²) in [5.41, 5.74) is 15.0. The van der Waals surface area contributed by atoms with Gasteiger partial charge in [0.25, 0.3) is 5.91 Å². The molecule has 1 amide bonds. The van der Waals surface area contributed by atoms with Crippen LogP contribution >= 0.6 is 11.3 Å². The zero-order chi connectivity index (χ0) is 18.6. The molecule has 0 fully saturated rings. The molecule has 0 aliphatic carbocycles. The summed E-state index contributed by atoms with van der Waals surface area (Å²) in [6.45, 7) is 0.422. The summed E-state index contributed by atoms with van der Waals surface area (Å²) >= 11 is 1.16. The Morgan fingerprint density at radius 3 is 2.56 bits per heavy atom. The number of benzene rings is 1. The molecule has 1 heterocycles. The predicted octanol–water partition coefficient (Wildman–Crippen LogP) is 2.47. The van der Waals surface area contributed by atoms with Crippen molar-refractivity contribution >= 4 is 23.2 Å². The standard InChI is InChI=1S/C15H15F3N4O2S/c16-15(17,18)10-6-9(13(23)22-14(20)21)1-2-11(10)24-12-5-8(3-4-19)7-25-12/h1-2,5-7H,3-4,19H2,(H4,20,21,22,23). The number of aliphatic imine (C=N–C) groups is 1. The first-order valence-electron chi connectivity index (χ1n) is 7.01. The van der Waals surface area contributed by atoms with Crippen molar-refractivity contribution in [1.29, 1.82) is 0 Å². The van der Waals surface area contributed by atoms with Crippen LogP contribution in [0.1, 0.15) is 21.5 Å². The van der Waals surface area contributed by atoms with Gasteiger partial charge >= 0.3 is 6.18 Å². The summed E-state index contributed by atoms with van der Waals surface area (Å²) in [4.78, 5) is 14.9. The van der Waals surface area contributed by atoms with Crippen molar-refractivity contribution in [3.8, 4) is 10.8 Å². The van der Waals surface area contributed by atoms with Crippen molar-refractivity contribution in [3.63, 3.8) is 0 Å². The maximum Gasteiger partial charge on any atom is 0.420 e. The number of nitrogens with zero attached hydrogens (tertiary/aromatic N) is 1. The van der Waals surface area contributed by atoms with Gasteiger partial charge < -0.3 is 21.9 Å². The lowest BCUT2D eigenvalue weighted by Gasteiger charge is -2.13. The number of rotatable bonds is 5. The molecule has 1 aromatic heterocycles. The Labute approximate surface area is 145 Å². The van der Waals surface area contributed by atoms with E-state index >= 15 is 0 Å². The van der Waals surface area contributed by atoms with E-state index in [1.165, 1.54) is 0 Å². The van der Waals surface area contributed by atoms with Crippen LogP contribution in [0, 0.1) is 0 Å². The first-order chi connectivity index (χ1) is 11.7. The monoisotopic (exact) mass is 372 g/mol. The number of amides is 1. The molecular formula is C15H15F3N4O2S. The number of thiophene rings is 1. The molecule has 0 saturated heterocycles. The zero-order valence-corrected chi connectivity index (χ0v) is 13.7. The van der Waals surface area contributed by atoms with E-state index in [2.05, 4.69) is 4.99 Å². The Bertz CT molecular complexity index is 798. The maximum absolute atomic E-state index is 13.3. The van der Waals surface area contributed by atoms with Crippen LogP contribution in [0.15, 0.2) is 34.6 Å². The lowest BCUT2D eigenvalue weighted by Crippen LogP contribution is -2.24. The third kappa shape index (κ3) is 4.94. The topological polar surface area (TPSA) is 117 Å². The highest BCUT2D eigenvalue weighted by Crippen LogP contribution is 2.40. The van der Waals surface area contributed by atoms with Crippen LogP contribution in [-0.4, -0.2) is 18.4 Å². The number of carbonyl (C=O) groups excluding carboxylic acids is 1. The van der Waals surface area contributed by atoms with Crippen LogP contribution in [0.5, 0.6) is 10.8 Å². The summed E-state index contributed by atoms with van der Waals surface area (Å²) in [5, 5.41) is 2.05. The summed E-state index contributed by atoms with van der Waals surface area (Å²) in [6, 6.07) is 4.49. The van der Waals surface area contributed by atoms with Gasteiger partial charge in [-0.3, -0.25) is 4.79 Å². The number of halogens is 3. The molecule has 0 atom stereocenters. The minimum Gasteiger partial charge on any atom is -0.446 e. The van der Waals surface area contributed by atoms with Gasteiger partial charge in [0, 0.05) is 5.56 Å². The lowest BCUT2D eigenvalue weighted by atomic mass is 10.1. The van der Waals surface area contributed by atoms with E-state index in [4.69, 9.17) is 21.9 Å². The Balaban J connectivity index is 2.36. The van der Waals surface area contributed by atoms with Crippen LogP contribution < -0.4 is 21.9 Å². The van der Waals surface area contributed by atoms with Crippen LogP contribution in [-0.2, 0) is 12.6 Å². The van der Waals surface area contributed by atoms with Crippen LogP contribution in [0.4, 0.5) is 13.2 Å². The second kappa shape index (κ2) is 7.53. The second-order valence-electron chi connectivity index (χ2n) is 4.97. The Kier molecular flexibility index (Phi) is 5.65. The van der Waals surface area contributed by atoms with Crippen molar-refractivity contribution < 1.29 is 22.7 Å². The molecule has 6 nitrogen and oxygen atoms in total. The number of nitrogens with two attached hydrogens (primary N) is 3. The van der Waals surface area contributed by atoms with Gasteiger partial charge in [-0.05, 0) is 48.2 Å². The molecule has 0 spiro atoms. The summed E-state index contributed by atoms with van der Waals surface area (Å²) < 4.78 is 45.2. The Morgan fingerprint density at radius 1 is 1.24 bits per heavy atom. The summed E-state index contributed by atoms with van der Waals surface area (Å²) in [5.74, 6) is -1.93. The second-order valence-corrected chi connectivity index (χ2v) is 5.84. The molecule has 2 rings (SSSR count). The minimum atomic E-state index is -4.72. The highest BCUT2D eigenvalue weighted by Gasteiger charge is 2.35. The lowest BCUT2D eigenvalue weighted by molar-refractivity contribution is -0.138. The highest BCUT2D eigenvalue weighted by atomic mass is 32.1. The fourth-order valence-electron chi connectivity index (χ4n) is 1.97. The quantitative estimate of drug-likeness (QED) is 0.551. The minimum absolute atomic E-state index is 0.289. The molecule has 1 aromatic carbocycles. The fraction of sp³-hybridized carbons (Fsp3) is 0.200. The number of hydrogen-bond acceptors (Lipinski definition) is 4. The third-order valence-electron chi connectivity index (χ3n) is 3.04. The normalized spacial score (nSPS) is 11.2. The predicted molar refractivity (Wildman–Crippen MR) is 88.7 cm³/mol. The van der Waals surface area contributed by atoms with Gasteiger partial charge in [-0.15, -0.1) is 11.3 Å². The number of ether oxygens (including phenoxy) is 1. The van der Waals surface area contributed by atoms with Gasteiger partial charge in [-0.25, -0.2) is 0 Å². The molecule has 0 unspecified atom stereocenters. The molecule has 0 aliphatic heterocycles. The first-order valence-corrected chi connectivity index (χ1v) is 7.89. The molecule has 2 aromatic rings. The van der Waals surface area contributed by atoms with E-state index in [1.807, 2.05) is 0 Å². The molecule has 0 radical (unpaired) electrons. The number of hydrogen-bond donors (Lipinski definition) is 3. The van der Waals surface area contributed by atoms with E-state index in [9.17, 15) is 18.0 Å². The fourth-order valence-corrected chi connectivity index (χ4v) is 2.78. The zero-order valence-electron chi connectivity index (χ0n) is 12.8. The SMILES string of the molecule is NCCc1csc(Oc2ccc(C(=O)N=C(N)N)cc2C(F)(F)F)c1. The Hall–Kier alpha value is -2.59. The molecule has 0 aliphatic rings. The van der Waals surface area contributed by atoms with E-state index < -0.39 is 29.4 Å². The molecule has 10 heteroatoms. The summed E-state index contributed by atoms with van der Waals surface area (Å²) in [6.07, 6.45) is -4.13. The molecule has 6 N–H and O–H groups in total. The van der Waals surface area contributed by atoms with Gasteiger partial charge in [0.1, 0.15) is 5.75 Å². The van der Waals surface area contributed by atoms with Gasteiger partial charge in [0.2, 0.25) is 0 Å². The molecular weight excluding hydrogens is 357 g/mol. The third-order valence-corrected chi connectivity index (χ3v) is 3.89. The maximum atomic E-state index is 13.3. The van der Waals surface area contributed by atoms with E-state index in [0.29, 0.717) is 19.0 Å². The smallest absolute Gasteiger partial charge is 0.420 e. The average molecular weight is 372 g/mol. The van der Waals surface area contributed by atoms with E-state index in [0.717, 1.165) is 29.0 Å². The molecule has 25 heavy (non-hydrogen) atoms. The highest BCUT2D eigenvalue weighted by molar-refractivity contribution is 7.12. The van der Waals surface area contributed by atoms with Crippen LogP contribution in [0.2, 0.25) is 0 Å². The number of guanidine groups is 1. The first kappa shape index (κ1) is 18.7. The van der Waals surface area contributed by atoms with Crippen molar-refractivity contribution in [1.82, 2.24) is 0 Å². The molecule has 134 valence electrons. The van der Waals surface area contributed by atoms with Crippen LogP contribution in [0.3, 0.4) is 0 Å². The van der Waals surface area contributed by atoms with E-state index in [1.54, 1.807) is 11.4 Å². The average Bonchev–Trinajstić information content (AvgIpc) is 2.93. The molecule has 0 bridgehead atoms. The van der Waals surface area contributed by atoms with Gasteiger partial charge in [0.15, 0.2) is 11.0 Å². The van der Waals surface area contributed by atoms with Gasteiger partial charge in [-0.1, -0.05) is 0 Å². The van der Waals surface area contributed by atoms with Crippen molar-refractivity contribution in [2.45, 2.75) is 12.6 Å². The summed E-state index contributed by atoms with van der Waals surface area (Å²) in [7, 11) is 0. The van der Waals surface area contributed by atoms with Crippen molar-refractivity contribution in [2.75, 3.05) is 6.54 Å². The number of carbonyl (C=O) groups is 1. The van der Waals surface area contributed by atoms with Crippen molar-refractivity contribution in [3.05, 3.63) is 46.3 Å².